The van der Waals surface area contributed by atoms with Crippen LogP contribution >= 0.6 is 0 Å². The molecule has 5 nitrogen and oxygen atoms in total. The van der Waals surface area contributed by atoms with Crippen LogP contribution in [-0.2, 0) is 16.4 Å². The van der Waals surface area contributed by atoms with Gasteiger partial charge in [-0.3, -0.25) is 4.90 Å². The molecule has 2 heterocycles. The van der Waals surface area contributed by atoms with Crippen LogP contribution < -0.4 is 0 Å². The maximum atomic E-state index is 11.6. The van der Waals surface area contributed by atoms with Crippen LogP contribution in [0.4, 0.5) is 0 Å². The Hall–Kier alpha value is -1.01. The molecule has 0 spiro atoms. The van der Waals surface area contributed by atoms with Gasteiger partial charge in [0.15, 0.2) is 9.84 Å². The zero-order valence-corrected chi connectivity index (χ0v) is 12.6. The number of hydrogen-bond acceptors (Lipinski definition) is 5. The Morgan fingerprint density at radius 3 is 2.42 bits per heavy atom. The molecule has 1 aliphatic rings. The molecule has 6 heteroatoms. The Labute approximate surface area is 115 Å². The number of sulfone groups is 1. The van der Waals surface area contributed by atoms with Crippen molar-refractivity contribution in [1.29, 1.82) is 0 Å². The first-order chi connectivity index (χ1) is 8.89. The van der Waals surface area contributed by atoms with Crippen molar-refractivity contribution in [3.05, 3.63) is 23.3 Å². The topological polar surface area (TPSA) is 63.2 Å². The average Bonchev–Trinajstić information content (AvgIpc) is 2.65. The molecule has 1 unspecified atom stereocenters. The maximum Gasteiger partial charge on any atom is 0.151 e. The molecule has 0 bridgehead atoms. The van der Waals surface area contributed by atoms with Crippen LogP contribution in [0.2, 0.25) is 0 Å². The predicted molar refractivity (Wildman–Crippen MR) is 74.6 cm³/mol. The lowest BCUT2D eigenvalue weighted by atomic mass is 10.2. The van der Waals surface area contributed by atoms with Gasteiger partial charge in [0.25, 0.3) is 0 Å². The third kappa shape index (κ3) is 3.73. The van der Waals surface area contributed by atoms with Crippen molar-refractivity contribution in [1.82, 2.24) is 14.9 Å². The number of nitrogens with zero attached hydrogens (tertiary/aromatic N) is 3. The zero-order chi connectivity index (χ0) is 14.0. The Balaban J connectivity index is 2.11. The Bertz CT molecular complexity index is 537. The third-order valence-electron chi connectivity index (χ3n) is 3.50. The first kappa shape index (κ1) is 14.4. The normalized spacial score (nSPS) is 22.0. The molecule has 1 atom stereocenters. The maximum absolute atomic E-state index is 11.6. The summed E-state index contributed by atoms with van der Waals surface area (Å²) in [5, 5.41) is 0. The van der Waals surface area contributed by atoms with Crippen LogP contribution in [0.15, 0.2) is 6.07 Å². The van der Waals surface area contributed by atoms with Crippen LogP contribution in [0.3, 0.4) is 0 Å². The summed E-state index contributed by atoms with van der Waals surface area (Å²) in [4.78, 5) is 11.0. The SMILES string of the molecule is CCN(Cc1nc(C)cc(C)n1)C1CCS(=O)(=O)C1. The fourth-order valence-corrected chi connectivity index (χ4v) is 4.38. The van der Waals surface area contributed by atoms with Gasteiger partial charge in [-0.25, -0.2) is 18.4 Å². The highest BCUT2D eigenvalue weighted by molar-refractivity contribution is 7.91. The molecule has 0 amide bonds. The van der Waals surface area contributed by atoms with E-state index in [1.165, 1.54) is 0 Å². The Morgan fingerprint density at radius 1 is 1.32 bits per heavy atom. The van der Waals surface area contributed by atoms with Crippen molar-refractivity contribution in [2.45, 2.75) is 39.8 Å². The van der Waals surface area contributed by atoms with E-state index >= 15 is 0 Å². The lowest BCUT2D eigenvalue weighted by Gasteiger charge is -2.25. The van der Waals surface area contributed by atoms with Gasteiger partial charge in [-0.1, -0.05) is 6.92 Å². The standard InChI is InChI=1S/C13H21N3O2S/c1-4-16(12-5-6-19(17,18)9-12)8-13-14-10(2)7-11(3)15-13/h7,12H,4-6,8-9H2,1-3H3. The molecule has 0 saturated carbocycles. The van der Waals surface area contributed by atoms with Crippen LogP contribution in [-0.4, -0.2) is 47.4 Å². The molecule has 0 aliphatic carbocycles. The number of aromatic nitrogens is 2. The quantitative estimate of drug-likeness (QED) is 0.828. The van der Waals surface area contributed by atoms with Crippen LogP contribution in [0.5, 0.6) is 0 Å². The molecule has 1 aromatic heterocycles. The van der Waals surface area contributed by atoms with Gasteiger partial charge in [0, 0.05) is 17.4 Å². The molecule has 0 aromatic carbocycles. The van der Waals surface area contributed by atoms with Gasteiger partial charge >= 0.3 is 0 Å². The average molecular weight is 283 g/mol. The molecule has 0 radical (unpaired) electrons. The van der Waals surface area contributed by atoms with Crippen LogP contribution in [0, 0.1) is 13.8 Å². The van der Waals surface area contributed by atoms with Gasteiger partial charge in [0.05, 0.1) is 18.1 Å². The minimum Gasteiger partial charge on any atom is -0.292 e. The zero-order valence-electron chi connectivity index (χ0n) is 11.8. The smallest absolute Gasteiger partial charge is 0.151 e. The largest absolute Gasteiger partial charge is 0.292 e. The fraction of sp³-hybridized carbons (Fsp3) is 0.692. The molecule has 106 valence electrons. The van der Waals surface area contributed by atoms with E-state index in [-0.39, 0.29) is 11.8 Å². The van der Waals surface area contributed by atoms with Gasteiger partial charge in [-0.05, 0) is 32.9 Å². The van der Waals surface area contributed by atoms with E-state index in [4.69, 9.17) is 0 Å². The van der Waals surface area contributed by atoms with Gasteiger partial charge in [-0.15, -0.1) is 0 Å². The molecule has 2 rings (SSSR count). The highest BCUT2D eigenvalue weighted by atomic mass is 32.2. The summed E-state index contributed by atoms with van der Waals surface area (Å²) in [6, 6.07) is 2.05. The van der Waals surface area contributed by atoms with E-state index in [0.717, 1.165) is 30.2 Å². The first-order valence-electron chi connectivity index (χ1n) is 6.65. The molecule has 1 saturated heterocycles. The van der Waals surface area contributed by atoms with Gasteiger partial charge < -0.3 is 0 Å². The summed E-state index contributed by atoms with van der Waals surface area (Å²) in [6.45, 7) is 7.40. The minimum atomic E-state index is -2.84. The van der Waals surface area contributed by atoms with Crippen molar-refractivity contribution in [3.8, 4) is 0 Å². The summed E-state index contributed by atoms with van der Waals surface area (Å²) in [6.07, 6.45) is 0.723. The Kier molecular flexibility index (Phi) is 4.20. The van der Waals surface area contributed by atoms with E-state index in [0.29, 0.717) is 12.3 Å². The number of aryl methyl sites for hydroxylation is 2. The van der Waals surface area contributed by atoms with Gasteiger partial charge in [-0.2, -0.15) is 0 Å². The van der Waals surface area contributed by atoms with E-state index in [2.05, 4.69) is 14.9 Å². The molecular weight excluding hydrogens is 262 g/mol. The van der Waals surface area contributed by atoms with Crippen molar-refractivity contribution in [3.63, 3.8) is 0 Å². The molecular formula is C13H21N3O2S. The molecule has 1 fully saturated rings. The lowest BCUT2D eigenvalue weighted by Crippen LogP contribution is -2.36. The fourth-order valence-electron chi connectivity index (χ4n) is 2.61. The van der Waals surface area contributed by atoms with E-state index in [1.54, 1.807) is 0 Å². The summed E-state index contributed by atoms with van der Waals surface area (Å²) < 4.78 is 23.1. The molecule has 1 aromatic rings. The second kappa shape index (κ2) is 5.54. The third-order valence-corrected chi connectivity index (χ3v) is 5.25. The summed E-state index contributed by atoms with van der Waals surface area (Å²) in [7, 11) is -2.84. The van der Waals surface area contributed by atoms with Crippen LogP contribution in [0.1, 0.15) is 30.6 Å². The van der Waals surface area contributed by atoms with Gasteiger partial charge in [0.2, 0.25) is 0 Å². The molecule has 0 N–H and O–H groups in total. The number of hydrogen-bond donors (Lipinski definition) is 0. The van der Waals surface area contributed by atoms with E-state index in [1.807, 2.05) is 26.8 Å². The monoisotopic (exact) mass is 283 g/mol. The van der Waals surface area contributed by atoms with Crippen LogP contribution in [0.25, 0.3) is 0 Å². The highest BCUT2D eigenvalue weighted by Crippen LogP contribution is 2.19. The molecule has 1 aliphatic heterocycles. The van der Waals surface area contributed by atoms with Crippen molar-refractivity contribution in [2.75, 3.05) is 18.1 Å². The highest BCUT2D eigenvalue weighted by Gasteiger charge is 2.31. The predicted octanol–water partition coefficient (Wildman–Crippen LogP) is 1.10. The molecule has 19 heavy (non-hydrogen) atoms. The minimum absolute atomic E-state index is 0.111. The second-order valence-corrected chi connectivity index (χ2v) is 7.42. The van der Waals surface area contributed by atoms with Gasteiger partial charge in [0.1, 0.15) is 5.82 Å². The summed E-state index contributed by atoms with van der Waals surface area (Å²) in [5.74, 6) is 1.36. The van der Waals surface area contributed by atoms with Crippen molar-refractivity contribution >= 4 is 9.84 Å². The number of rotatable bonds is 4. The Morgan fingerprint density at radius 2 is 1.95 bits per heavy atom. The van der Waals surface area contributed by atoms with Crippen molar-refractivity contribution in [2.24, 2.45) is 0 Å². The van der Waals surface area contributed by atoms with E-state index < -0.39 is 9.84 Å². The lowest BCUT2D eigenvalue weighted by molar-refractivity contribution is 0.209. The second-order valence-electron chi connectivity index (χ2n) is 5.19. The first-order valence-corrected chi connectivity index (χ1v) is 8.47. The summed E-state index contributed by atoms with van der Waals surface area (Å²) in [5.41, 5.74) is 1.91. The summed E-state index contributed by atoms with van der Waals surface area (Å²) >= 11 is 0. The van der Waals surface area contributed by atoms with E-state index in [9.17, 15) is 8.42 Å². The van der Waals surface area contributed by atoms with Crippen molar-refractivity contribution < 1.29 is 8.42 Å².